The predicted octanol–water partition coefficient (Wildman–Crippen LogP) is 4.89. The number of aliphatic hydroxyl groups is 1. The summed E-state index contributed by atoms with van der Waals surface area (Å²) in [5.74, 6) is 1.10. The van der Waals surface area contributed by atoms with Crippen LogP contribution in [-0.4, -0.2) is 17.0 Å². The van der Waals surface area contributed by atoms with Crippen molar-refractivity contribution in [1.82, 2.24) is 0 Å². The van der Waals surface area contributed by atoms with Crippen molar-refractivity contribution in [3.05, 3.63) is 30.1 Å². The van der Waals surface area contributed by atoms with Gasteiger partial charge in [0.1, 0.15) is 5.82 Å². The topological polar surface area (TPSA) is 20.2 Å². The molecule has 1 rings (SSSR count). The predicted molar refractivity (Wildman–Crippen MR) is 81.1 cm³/mol. The molecule has 108 valence electrons. The quantitative estimate of drug-likeness (QED) is 0.652. The highest BCUT2D eigenvalue weighted by Gasteiger charge is 2.13. The Labute approximate surface area is 120 Å². The normalized spacial score (nSPS) is 14.3. The molecule has 0 radical (unpaired) electrons. The van der Waals surface area contributed by atoms with E-state index in [2.05, 4.69) is 13.8 Å². The lowest BCUT2D eigenvalue weighted by Crippen LogP contribution is -2.15. The molecule has 0 bridgehead atoms. The highest BCUT2D eigenvalue weighted by atomic mass is 32.2. The SMILES string of the molecule is CCCCC(CC)CC(O)CSc1ccc(F)cc1. The van der Waals surface area contributed by atoms with Crippen molar-refractivity contribution in [2.24, 2.45) is 5.92 Å². The first-order chi connectivity index (χ1) is 9.15. The lowest BCUT2D eigenvalue weighted by molar-refractivity contribution is 0.159. The highest BCUT2D eigenvalue weighted by Crippen LogP contribution is 2.24. The average Bonchev–Trinajstić information content (AvgIpc) is 2.42. The fraction of sp³-hybridized carbons (Fsp3) is 0.625. The molecule has 3 heteroatoms. The molecule has 2 atom stereocenters. The van der Waals surface area contributed by atoms with E-state index in [0.29, 0.717) is 11.7 Å². The van der Waals surface area contributed by atoms with Gasteiger partial charge in [-0.15, -0.1) is 11.8 Å². The molecular formula is C16H25FOS. The maximum Gasteiger partial charge on any atom is 0.123 e. The molecule has 0 spiro atoms. The molecule has 1 nitrogen and oxygen atoms in total. The van der Waals surface area contributed by atoms with E-state index in [-0.39, 0.29) is 11.9 Å². The lowest BCUT2D eigenvalue weighted by atomic mass is 9.94. The van der Waals surface area contributed by atoms with Crippen LogP contribution in [0.4, 0.5) is 4.39 Å². The third kappa shape index (κ3) is 6.98. The fourth-order valence-corrected chi connectivity index (χ4v) is 3.01. The van der Waals surface area contributed by atoms with Crippen LogP contribution in [0.1, 0.15) is 46.0 Å². The van der Waals surface area contributed by atoms with Gasteiger partial charge in [0.25, 0.3) is 0 Å². The monoisotopic (exact) mass is 284 g/mol. The summed E-state index contributed by atoms with van der Waals surface area (Å²) < 4.78 is 12.8. The molecular weight excluding hydrogens is 259 g/mol. The van der Waals surface area contributed by atoms with Crippen LogP contribution in [0.15, 0.2) is 29.2 Å². The number of halogens is 1. The number of aliphatic hydroxyl groups excluding tert-OH is 1. The van der Waals surface area contributed by atoms with Crippen LogP contribution in [-0.2, 0) is 0 Å². The summed E-state index contributed by atoms with van der Waals surface area (Å²) in [6, 6.07) is 6.46. The number of rotatable bonds is 9. The molecule has 0 amide bonds. The van der Waals surface area contributed by atoms with Gasteiger partial charge in [-0.05, 0) is 36.6 Å². The summed E-state index contributed by atoms with van der Waals surface area (Å²) in [4.78, 5) is 1.02. The standard InChI is InChI=1S/C16H25FOS/c1-3-5-6-13(4-2)11-15(18)12-19-16-9-7-14(17)8-10-16/h7-10,13,15,18H,3-6,11-12H2,1-2H3. The molecule has 0 aromatic heterocycles. The number of hydrogen-bond acceptors (Lipinski definition) is 2. The van der Waals surface area contributed by atoms with Gasteiger partial charge in [-0.25, -0.2) is 4.39 Å². The van der Waals surface area contributed by atoms with Crippen molar-refractivity contribution in [2.75, 3.05) is 5.75 Å². The zero-order valence-electron chi connectivity index (χ0n) is 11.9. The smallest absolute Gasteiger partial charge is 0.123 e. The summed E-state index contributed by atoms with van der Waals surface area (Å²) >= 11 is 1.60. The van der Waals surface area contributed by atoms with E-state index in [0.717, 1.165) is 17.7 Å². The van der Waals surface area contributed by atoms with Crippen molar-refractivity contribution in [2.45, 2.75) is 57.0 Å². The second-order valence-corrected chi connectivity index (χ2v) is 6.16. The van der Waals surface area contributed by atoms with Gasteiger partial charge in [0, 0.05) is 10.6 Å². The van der Waals surface area contributed by atoms with Crippen LogP contribution in [0.25, 0.3) is 0 Å². The number of thioether (sulfide) groups is 1. The number of unbranched alkanes of at least 4 members (excludes halogenated alkanes) is 1. The second kappa shape index (κ2) is 9.38. The fourth-order valence-electron chi connectivity index (χ4n) is 2.16. The van der Waals surface area contributed by atoms with E-state index in [4.69, 9.17) is 0 Å². The van der Waals surface area contributed by atoms with Crippen LogP contribution in [0.2, 0.25) is 0 Å². The van der Waals surface area contributed by atoms with Gasteiger partial charge in [0.2, 0.25) is 0 Å². The largest absolute Gasteiger partial charge is 0.392 e. The van der Waals surface area contributed by atoms with Gasteiger partial charge in [0.15, 0.2) is 0 Å². The molecule has 2 unspecified atom stereocenters. The summed E-state index contributed by atoms with van der Waals surface area (Å²) in [5.41, 5.74) is 0. The molecule has 0 saturated heterocycles. The van der Waals surface area contributed by atoms with Crippen molar-refractivity contribution < 1.29 is 9.50 Å². The van der Waals surface area contributed by atoms with E-state index < -0.39 is 0 Å². The summed E-state index contributed by atoms with van der Waals surface area (Å²) in [7, 11) is 0. The Kier molecular flexibility index (Phi) is 8.15. The Balaban J connectivity index is 2.29. The van der Waals surface area contributed by atoms with Crippen molar-refractivity contribution >= 4 is 11.8 Å². The first kappa shape index (κ1) is 16.5. The Hall–Kier alpha value is -0.540. The van der Waals surface area contributed by atoms with Gasteiger partial charge in [0.05, 0.1) is 6.10 Å². The van der Waals surface area contributed by atoms with Gasteiger partial charge in [-0.3, -0.25) is 0 Å². The molecule has 1 aromatic carbocycles. The third-order valence-electron chi connectivity index (χ3n) is 3.40. The molecule has 1 aromatic rings. The van der Waals surface area contributed by atoms with Crippen LogP contribution >= 0.6 is 11.8 Å². The molecule has 19 heavy (non-hydrogen) atoms. The van der Waals surface area contributed by atoms with E-state index in [1.54, 1.807) is 23.9 Å². The third-order valence-corrected chi connectivity index (χ3v) is 4.56. The Morgan fingerprint density at radius 2 is 1.89 bits per heavy atom. The Morgan fingerprint density at radius 1 is 1.21 bits per heavy atom. The van der Waals surface area contributed by atoms with Gasteiger partial charge >= 0.3 is 0 Å². The van der Waals surface area contributed by atoms with E-state index >= 15 is 0 Å². The molecule has 0 aliphatic carbocycles. The van der Waals surface area contributed by atoms with Crippen LogP contribution < -0.4 is 0 Å². The number of hydrogen-bond donors (Lipinski definition) is 1. The molecule has 1 N–H and O–H groups in total. The minimum absolute atomic E-state index is 0.212. The molecule has 0 fully saturated rings. The number of benzene rings is 1. The van der Waals surface area contributed by atoms with E-state index in [1.807, 2.05) is 0 Å². The zero-order chi connectivity index (χ0) is 14.1. The first-order valence-corrected chi connectivity index (χ1v) is 8.20. The maximum absolute atomic E-state index is 12.8. The van der Waals surface area contributed by atoms with Crippen LogP contribution in [0.3, 0.4) is 0 Å². The first-order valence-electron chi connectivity index (χ1n) is 7.22. The van der Waals surface area contributed by atoms with Crippen molar-refractivity contribution in [1.29, 1.82) is 0 Å². The van der Waals surface area contributed by atoms with Gasteiger partial charge in [-0.1, -0.05) is 39.5 Å². The van der Waals surface area contributed by atoms with Gasteiger partial charge in [-0.2, -0.15) is 0 Å². The average molecular weight is 284 g/mol. The van der Waals surface area contributed by atoms with Crippen LogP contribution in [0, 0.1) is 11.7 Å². The Bertz CT molecular complexity index is 339. The molecule has 0 heterocycles. The molecule has 0 saturated carbocycles. The van der Waals surface area contributed by atoms with Gasteiger partial charge < -0.3 is 5.11 Å². The molecule has 0 aliphatic heterocycles. The summed E-state index contributed by atoms with van der Waals surface area (Å²) in [6.07, 6.45) is 5.43. The second-order valence-electron chi connectivity index (χ2n) is 5.07. The summed E-state index contributed by atoms with van der Waals surface area (Å²) in [5, 5.41) is 10.1. The molecule has 0 aliphatic rings. The van der Waals surface area contributed by atoms with Crippen molar-refractivity contribution in [3.63, 3.8) is 0 Å². The highest BCUT2D eigenvalue weighted by molar-refractivity contribution is 7.99. The van der Waals surface area contributed by atoms with E-state index in [1.165, 1.54) is 31.4 Å². The lowest BCUT2D eigenvalue weighted by Gasteiger charge is -2.18. The van der Waals surface area contributed by atoms with Crippen molar-refractivity contribution in [3.8, 4) is 0 Å². The summed E-state index contributed by atoms with van der Waals surface area (Å²) in [6.45, 7) is 4.40. The zero-order valence-corrected chi connectivity index (χ0v) is 12.8. The maximum atomic E-state index is 12.8. The van der Waals surface area contributed by atoms with Crippen LogP contribution in [0.5, 0.6) is 0 Å². The Morgan fingerprint density at radius 3 is 2.47 bits per heavy atom. The minimum Gasteiger partial charge on any atom is -0.392 e. The minimum atomic E-state index is -0.267. The van der Waals surface area contributed by atoms with E-state index in [9.17, 15) is 9.50 Å².